The molecule has 1 aliphatic rings. The number of aromatic nitrogens is 4. The number of fused-ring (bicyclic) bond motifs is 1. The molecular weight excluding hydrogens is 442 g/mol. The van der Waals surface area contributed by atoms with E-state index in [-0.39, 0.29) is 0 Å². The van der Waals surface area contributed by atoms with E-state index in [1.54, 1.807) is 12.4 Å². The van der Waals surface area contributed by atoms with Gasteiger partial charge in [0.15, 0.2) is 5.65 Å². The van der Waals surface area contributed by atoms with E-state index in [1.165, 1.54) is 25.9 Å². The van der Waals surface area contributed by atoms with Crippen molar-refractivity contribution < 1.29 is 0 Å². The van der Waals surface area contributed by atoms with Crippen molar-refractivity contribution >= 4 is 33.2 Å². The summed E-state index contributed by atoms with van der Waals surface area (Å²) in [6.45, 7) is 9.62. The van der Waals surface area contributed by atoms with Gasteiger partial charge in [0.1, 0.15) is 11.6 Å². The molecule has 3 aromatic rings. The summed E-state index contributed by atoms with van der Waals surface area (Å²) in [5, 5.41) is 8.04. The Bertz CT molecular complexity index is 953. The zero-order chi connectivity index (χ0) is 20.9. The van der Waals surface area contributed by atoms with Crippen LogP contribution in [0.25, 0.3) is 5.65 Å². The van der Waals surface area contributed by atoms with Crippen LogP contribution in [0.15, 0.2) is 41.3 Å². The lowest BCUT2D eigenvalue weighted by Gasteiger charge is -2.34. The molecule has 0 unspecified atom stereocenters. The number of likely N-dealkylation sites (N-methyl/N-ethyl adjacent to an activating group) is 1. The van der Waals surface area contributed by atoms with Crippen molar-refractivity contribution in [1.29, 1.82) is 0 Å². The molecule has 0 bridgehead atoms. The Labute approximate surface area is 186 Å². The maximum Gasteiger partial charge on any atom is 0.173 e. The molecule has 3 aromatic heterocycles. The third kappa shape index (κ3) is 4.59. The third-order valence-electron chi connectivity index (χ3n) is 5.83. The summed E-state index contributed by atoms with van der Waals surface area (Å²) in [5.74, 6) is 1.92. The van der Waals surface area contributed by atoms with Crippen LogP contribution < -0.4 is 10.2 Å². The molecule has 4 heterocycles. The van der Waals surface area contributed by atoms with Gasteiger partial charge in [-0.25, -0.2) is 4.98 Å². The van der Waals surface area contributed by atoms with Crippen molar-refractivity contribution in [3.8, 4) is 0 Å². The standard InChI is InChI=1S/C22H30BrN7/c1-3-18(16-28-10-5-6-11-28)29(4-2)21-12-20(25-14-17-8-7-9-24-13-17)30-22(27-21)19(23)15-26-30/h7-9,12-13,15,18,25H,3-6,10-11,14,16H2,1-2H3/t18-/m1/s1. The van der Waals surface area contributed by atoms with Gasteiger partial charge in [-0.05, 0) is 66.8 Å². The minimum atomic E-state index is 0.441. The number of hydrogen-bond acceptors (Lipinski definition) is 6. The maximum absolute atomic E-state index is 4.97. The first-order valence-corrected chi connectivity index (χ1v) is 11.6. The van der Waals surface area contributed by atoms with Crippen LogP contribution in [0.5, 0.6) is 0 Å². The van der Waals surface area contributed by atoms with Gasteiger partial charge >= 0.3 is 0 Å². The van der Waals surface area contributed by atoms with Crippen molar-refractivity contribution in [2.75, 3.05) is 36.4 Å². The number of anilines is 2. The van der Waals surface area contributed by atoms with Crippen LogP contribution in [0.3, 0.4) is 0 Å². The van der Waals surface area contributed by atoms with Gasteiger partial charge in [0, 0.05) is 44.1 Å². The van der Waals surface area contributed by atoms with E-state index in [0.29, 0.717) is 12.6 Å². The summed E-state index contributed by atoms with van der Waals surface area (Å²) in [7, 11) is 0. The summed E-state index contributed by atoms with van der Waals surface area (Å²) < 4.78 is 2.76. The van der Waals surface area contributed by atoms with Crippen LogP contribution >= 0.6 is 15.9 Å². The molecule has 8 heteroatoms. The Morgan fingerprint density at radius 1 is 1.23 bits per heavy atom. The minimum Gasteiger partial charge on any atom is -0.366 e. The lowest BCUT2D eigenvalue weighted by molar-refractivity contribution is 0.303. The lowest BCUT2D eigenvalue weighted by atomic mass is 10.1. The summed E-state index contributed by atoms with van der Waals surface area (Å²) in [4.78, 5) is 14.2. The number of halogens is 1. The largest absolute Gasteiger partial charge is 0.366 e. The quantitative estimate of drug-likeness (QED) is 0.504. The Morgan fingerprint density at radius 3 is 2.77 bits per heavy atom. The number of hydrogen-bond donors (Lipinski definition) is 1. The molecule has 1 aliphatic heterocycles. The molecule has 1 fully saturated rings. The molecule has 4 rings (SSSR count). The monoisotopic (exact) mass is 471 g/mol. The van der Waals surface area contributed by atoms with Gasteiger partial charge in [-0.3, -0.25) is 4.98 Å². The zero-order valence-electron chi connectivity index (χ0n) is 17.8. The van der Waals surface area contributed by atoms with E-state index in [9.17, 15) is 0 Å². The van der Waals surface area contributed by atoms with E-state index in [2.05, 4.69) is 67.1 Å². The molecule has 0 amide bonds. The molecule has 0 saturated carbocycles. The Hall–Kier alpha value is -2.19. The van der Waals surface area contributed by atoms with Gasteiger partial charge in [0.05, 0.1) is 10.7 Å². The molecule has 1 atom stereocenters. The van der Waals surface area contributed by atoms with Crippen LogP contribution in [-0.4, -0.2) is 56.7 Å². The van der Waals surface area contributed by atoms with Crippen molar-refractivity contribution in [2.45, 2.75) is 45.7 Å². The number of nitrogens with zero attached hydrogens (tertiary/aromatic N) is 6. The second kappa shape index (κ2) is 9.75. The summed E-state index contributed by atoms with van der Waals surface area (Å²) >= 11 is 3.62. The predicted octanol–water partition coefficient (Wildman–Crippen LogP) is 4.20. The van der Waals surface area contributed by atoms with E-state index < -0.39 is 0 Å². The summed E-state index contributed by atoms with van der Waals surface area (Å²) in [5.41, 5.74) is 1.96. The minimum absolute atomic E-state index is 0.441. The second-order valence-corrected chi connectivity index (χ2v) is 8.65. The molecule has 1 N–H and O–H groups in total. The normalized spacial score (nSPS) is 15.6. The van der Waals surface area contributed by atoms with Crippen molar-refractivity contribution in [3.05, 3.63) is 46.8 Å². The molecule has 160 valence electrons. The van der Waals surface area contributed by atoms with Crippen molar-refractivity contribution in [3.63, 3.8) is 0 Å². The second-order valence-electron chi connectivity index (χ2n) is 7.80. The molecule has 0 aliphatic carbocycles. The molecule has 0 aromatic carbocycles. The topological polar surface area (TPSA) is 61.6 Å². The van der Waals surface area contributed by atoms with Crippen molar-refractivity contribution in [1.82, 2.24) is 24.5 Å². The smallest absolute Gasteiger partial charge is 0.173 e. The average molecular weight is 472 g/mol. The van der Waals surface area contributed by atoms with Gasteiger partial charge in [-0.1, -0.05) is 13.0 Å². The Kier molecular flexibility index (Phi) is 6.84. The maximum atomic E-state index is 4.97. The van der Waals surface area contributed by atoms with Gasteiger partial charge in [-0.2, -0.15) is 9.61 Å². The van der Waals surface area contributed by atoms with Gasteiger partial charge < -0.3 is 15.1 Å². The van der Waals surface area contributed by atoms with Crippen LogP contribution in [0.2, 0.25) is 0 Å². The SMILES string of the molecule is CC[C@H](CN1CCCC1)N(CC)c1cc(NCc2cccnc2)n2ncc(Br)c2n1. The van der Waals surface area contributed by atoms with E-state index in [4.69, 9.17) is 4.98 Å². The molecule has 0 radical (unpaired) electrons. The van der Waals surface area contributed by atoms with Crippen molar-refractivity contribution in [2.24, 2.45) is 0 Å². The summed E-state index contributed by atoms with van der Waals surface area (Å²) in [6.07, 6.45) is 9.21. The van der Waals surface area contributed by atoms with Crippen LogP contribution in [0.1, 0.15) is 38.7 Å². The first kappa shape index (κ1) is 21.1. The fourth-order valence-electron chi connectivity index (χ4n) is 4.21. The number of likely N-dealkylation sites (tertiary alicyclic amines) is 1. The van der Waals surface area contributed by atoms with Crippen LogP contribution in [0, 0.1) is 0 Å². The molecule has 7 nitrogen and oxygen atoms in total. The average Bonchev–Trinajstić information content (AvgIpc) is 3.42. The highest BCUT2D eigenvalue weighted by atomic mass is 79.9. The highest BCUT2D eigenvalue weighted by molar-refractivity contribution is 9.10. The summed E-state index contributed by atoms with van der Waals surface area (Å²) in [6, 6.07) is 6.59. The Morgan fingerprint density at radius 2 is 2.07 bits per heavy atom. The van der Waals surface area contributed by atoms with Gasteiger partial charge in [0.2, 0.25) is 0 Å². The van der Waals surface area contributed by atoms with Gasteiger partial charge in [0.25, 0.3) is 0 Å². The molecule has 0 spiro atoms. The third-order valence-corrected chi connectivity index (χ3v) is 6.39. The predicted molar refractivity (Wildman–Crippen MR) is 125 cm³/mol. The number of nitrogens with one attached hydrogen (secondary N) is 1. The fraction of sp³-hybridized carbons (Fsp3) is 0.500. The zero-order valence-corrected chi connectivity index (χ0v) is 19.3. The first-order chi connectivity index (χ1) is 14.7. The van der Waals surface area contributed by atoms with E-state index >= 15 is 0 Å². The van der Waals surface area contributed by atoms with Gasteiger partial charge in [-0.15, -0.1) is 0 Å². The fourth-order valence-corrected chi connectivity index (χ4v) is 4.56. The molecule has 1 saturated heterocycles. The molecular formula is C22H30BrN7. The first-order valence-electron chi connectivity index (χ1n) is 10.9. The van der Waals surface area contributed by atoms with Crippen LogP contribution in [-0.2, 0) is 6.54 Å². The lowest BCUT2D eigenvalue weighted by Crippen LogP contribution is -2.43. The van der Waals surface area contributed by atoms with E-state index in [1.807, 2.05) is 16.8 Å². The molecule has 30 heavy (non-hydrogen) atoms. The number of rotatable bonds is 9. The van der Waals surface area contributed by atoms with Crippen LogP contribution in [0.4, 0.5) is 11.6 Å². The number of pyridine rings is 1. The highest BCUT2D eigenvalue weighted by Gasteiger charge is 2.23. The highest BCUT2D eigenvalue weighted by Crippen LogP contribution is 2.27. The Balaban J connectivity index is 1.63. The van der Waals surface area contributed by atoms with E-state index in [0.717, 1.165) is 46.8 Å².